The molecule has 0 atom stereocenters. The minimum Gasteiger partial charge on any atom is -0.497 e. The predicted molar refractivity (Wildman–Crippen MR) is 89.7 cm³/mol. The summed E-state index contributed by atoms with van der Waals surface area (Å²) in [5.74, 6) is 1.33. The number of hydrogen-bond acceptors (Lipinski definition) is 5. The van der Waals surface area contributed by atoms with E-state index in [1.807, 2.05) is 32.0 Å². The zero-order valence-corrected chi connectivity index (χ0v) is 14.0. The van der Waals surface area contributed by atoms with E-state index in [9.17, 15) is 4.79 Å². The average molecular weight is 323 g/mol. The summed E-state index contributed by atoms with van der Waals surface area (Å²) in [6, 6.07) is 5.51. The summed E-state index contributed by atoms with van der Waals surface area (Å²) in [7, 11) is 3.20. The first-order valence-electron chi connectivity index (χ1n) is 6.47. The van der Waals surface area contributed by atoms with Gasteiger partial charge in [0.15, 0.2) is 0 Å². The van der Waals surface area contributed by atoms with Crippen molar-refractivity contribution in [3.8, 4) is 11.5 Å². The molecule has 0 radical (unpaired) electrons. The van der Waals surface area contributed by atoms with Crippen LogP contribution in [-0.4, -0.2) is 35.4 Å². The molecule has 0 aliphatic carbocycles. The van der Waals surface area contributed by atoms with E-state index in [2.05, 4.69) is 0 Å². The molecule has 0 spiro atoms. The van der Waals surface area contributed by atoms with E-state index in [-0.39, 0.29) is 11.9 Å². The molecule has 4 nitrogen and oxygen atoms in total. The summed E-state index contributed by atoms with van der Waals surface area (Å²) in [6.07, 6.45) is 1.79. The van der Waals surface area contributed by atoms with Gasteiger partial charge in [-0.3, -0.25) is 9.69 Å². The fourth-order valence-electron chi connectivity index (χ4n) is 2.02. The van der Waals surface area contributed by atoms with Gasteiger partial charge in [-0.25, -0.2) is 0 Å². The molecule has 21 heavy (non-hydrogen) atoms. The number of nitrogens with zero attached hydrogens (tertiary/aromatic N) is 1. The van der Waals surface area contributed by atoms with Crippen LogP contribution < -0.4 is 9.47 Å². The number of benzene rings is 1. The number of carbonyl (C=O) groups excluding carboxylic acids is 1. The number of rotatable bonds is 4. The van der Waals surface area contributed by atoms with Gasteiger partial charge in [-0.05, 0) is 38.1 Å². The maximum Gasteiger partial charge on any atom is 0.266 e. The largest absolute Gasteiger partial charge is 0.497 e. The van der Waals surface area contributed by atoms with Crippen LogP contribution >= 0.6 is 24.0 Å². The Labute approximate surface area is 134 Å². The van der Waals surface area contributed by atoms with Crippen LogP contribution in [0.3, 0.4) is 0 Å². The Bertz CT molecular complexity index is 611. The molecule has 1 aromatic rings. The van der Waals surface area contributed by atoms with Crippen LogP contribution in [0.25, 0.3) is 6.08 Å². The van der Waals surface area contributed by atoms with Crippen molar-refractivity contribution < 1.29 is 14.3 Å². The maximum absolute atomic E-state index is 12.4. The molecule has 1 amide bonds. The van der Waals surface area contributed by atoms with E-state index >= 15 is 0 Å². The van der Waals surface area contributed by atoms with E-state index in [0.717, 1.165) is 5.56 Å². The van der Waals surface area contributed by atoms with E-state index in [1.54, 1.807) is 25.2 Å². The molecule has 1 aliphatic rings. The normalized spacial score (nSPS) is 17.0. The van der Waals surface area contributed by atoms with Crippen molar-refractivity contribution >= 4 is 40.3 Å². The minimum atomic E-state index is -0.0649. The van der Waals surface area contributed by atoms with Crippen LogP contribution in [-0.2, 0) is 4.79 Å². The van der Waals surface area contributed by atoms with Gasteiger partial charge < -0.3 is 9.47 Å². The molecule has 2 rings (SSSR count). The van der Waals surface area contributed by atoms with Gasteiger partial charge in [-0.15, -0.1) is 0 Å². The van der Waals surface area contributed by atoms with E-state index < -0.39 is 0 Å². The summed E-state index contributed by atoms with van der Waals surface area (Å²) in [4.78, 5) is 14.6. The van der Waals surface area contributed by atoms with Crippen molar-refractivity contribution in [3.05, 3.63) is 28.7 Å². The molecule has 0 N–H and O–H groups in total. The zero-order valence-electron chi connectivity index (χ0n) is 12.4. The molecule has 6 heteroatoms. The lowest BCUT2D eigenvalue weighted by Crippen LogP contribution is -2.34. The molecule has 1 aromatic carbocycles. The van der Waals surface area contributed by atoms with Gasteiger partial charge in [0.1, 0.15) is 15.8 Å². The Kier molecular flexibility index (Phi) is 4.90. The second-order valence-electron chi connectivity index (χ2n) is 4.75. The summed E-state index contributed by atoms with van der Waals surface area (Å²) < 4.78 is 11.1. The molecular weight excluding hydrogens is 306 g/mol. The lowest BCUT2D eigenvalue weighted by molar-refractivity contribution is -0.123. The molecule has 1 aliphatic heterocycles. The van der Waals surface area contributed by atoms with Gasteiger partial charge in [0.05, 0.1) is 19.1 Å². The molecular formula is C15H17NO3S2. The molecule has 0 aromatic heterocycles. The monoisotopic (exact) mass is 323 g/mol. The Morgan fingerprint density at radius 1 is 1.29 bits per heavy atom. The third-order valence-corrected chi connectivity index (χ3v) is 4.39. The van der Waals surface area contributed by atoms with Gasteiger partial charge in [-0.2, -0.15) is 0 Å². The molecule has 112 valence electrons. The number of thioether (sulfide) groups is 1. The maximum atomic E-state index is 12.4. The predicted octanol–water partition coefficient (Wildman–Crippen LogP) is 3.31. The van der Waals surface area contributed by atoms with Crippen molar-refractivity contribution in [2.45, 2.75) is 19.9 Å². The van der Waals surface area contributed by atoms with Crippen molar-refractivity contribution in [1.29, 1.82) is 0 Å². The number of hydrogen-bond donors (Lipinski definition) is 0. The van der Waals surface area contributed by atoms with Gasteiger partial charge in [0.25, 0.3) is 5.91 Å². The topological polar surface area (TPSA) is 38.8 Å². The highest BCUT2D eigenvalue weighted by molar-refractivity contribution is 8.26. The standard InChI is InChI=1S/C15H17NO3S2/c1-9(2)16-14(17)13(21-15(16)20)8-10-7-11(18-3)5-6-12(10)19-4/h5-9H,1-4H3/b13-8-. The summed E-state index contributed by atoms with van der Waals surface area (Å²) >= 11 is 6.58. The van der Waals surface area contributed by atoms with Crippen LogP contribution in [0.4, 0.5) is 0 Å². The van der Waals surface area contributed by atoms with Crippen LogP contribution in [0.2, 0.25) is 0 Å². The average Bonchev–Trinajstić information content (AvgIpc) is 2.73. The fraction of sp³-hybridized carbons (Fsp3) is 0.333. The number of thiocarbonyl (C=S) groups is 1. The Hall–Kier alpha value is -1.53. The van der Waals surface area contributed by atoms with Crippen molar-refractivity contribution in [3.63, 3.8) is 0 Å². The van der Waals surface area contributed by atoms with Gasteiger partial charge in [0, 0.05) is 11.6 Å². The second-order valence-corrected chi connectivity index (χ2v) is 6.43. The van der Waals surface area contributed by atoms with E-state index in [1.165, 1.54) is 11.8 Å². The van der Waals surface area contributed by atoms with Crippen LogP contribution in [0.15, 0.2) is 23.1 Å². The van der Waals surface area contributed by atoms with Gasteiger partial charge in [0.2, 0.25) is 0 Å². The lowest BCUT2D eigenvalue weighted by Gasteiger charge is -2.18. The first-order valence-corrected chi connectivity index (χ1v) is 7.69. The van der Waals surface area contributed by atoms with Gasteiger partial charge >= 0.3 is 0 Å². The molecule has 1 saturated heterocycles. The van der Waals surface area contributed by atoms with E-state index in [0.29, 0.717) is 20.7 Å². The van der Waals surface area contributed by atoms with Crippen molar-refractivity contribution in [1.82, 2.24) is 4.90 Å². The highest BCUT2D eigenvalue weighted by Gasteiger charge is 2.33. The van der Waals surface area contributed by atoms with Crippen LogP contribution in [0.5, 0.6) is 11.5 Å². The summed E-state index contributed by atoms with van der Waals surface area (Å²) in [6.45, 7) is 3.89. The zero-order chi connectivity index (χ0) is 15.6. The quantitative estimate of drug-likeness (QED) is 0.628. The van der Waals surface area contributed by atoms with Crippen LogP contribution in [0, 0.1) is 0 Å². The highest BCUT2D eigenvalue weighted by Crippen LogP contribution is 2.36. The second kappa shape index (κ2) is 6.49. The number of amides is 1. The summed E-state index contributed by atoms with van der Waals surface area (Å²) in [5, 5.41) is 0. The first-order chi connectivity index (χ1) is 9.97. The molecule has 1 heterocycles. The van der Waals surface area contributed by atoms with Crippen molar-refractivity contribution in [2.24, 2.45) is 0 Å². The number of carbonyl (C=O) groups is 1. The minimum absolute atomic E-state index is 0.0515. The Morgan fingerprint density at radius 2 is 2.00 bits per heavy atom. The van der Waals surface area contributed by atoms with Crippen LogP contribution in [0.1, 0.15) is 19.4 Å². The smallest absolute Gasteiger partial charge is 0.266 e. The number of ether oxygens (including phenoxy) is 2. The SMILES string of the molecule is COc1ccc(OC)c(/C=C2\SC(=S)N(C(C)C)C2=O)c1. The summed E-state index contributed by atoms with van der Waals surface area (Å²) in [5.41, 5.74) is 0.793. The molecule has 0 bridgehead atoms. The lowest BCUT2D eigenvalue weighted by atomic mass is 10.1. The fourth-order valence-corrected chi connectivity index (χ4v) is 3.53. The molecule has 0 unspecified atom stereocenters. The first kappa shape index (κ1) is 15.9. The third-order valence-electron chi connectivity index (χ3n) is 3.06. The Balaban J connectivity index is 2.40. The van der Waals surface area contributed by atoms with E-state index in [4.69, 9.17) is 21.7 Å². The van der Waals surface area contributed by atoms with Gasteiger partial charge in [-0.1, -0.05) is 24.0 Å². The third kappa shape index (κ3) is 3.22. The number of methoxy groups -OCH3 is 2. The molecule has 1 fully saturated rings. The van der Waals surface area contributed by atoms with Crippen molar-refractivity contribution in [2.75, 3.05) is 14.2 Å². The Morgan fingerprint density at radius 3 is 2.52 bits per heavy atom. The molecule has 0 saturated carbocycles. The highest BCUT2D eigenvalue weighted by atomic mass is 32.2.